The van der Waals surface area contributed by atoms with E-state index >= 15 is 0 Å². The first-order valence-corrected chi connectivity index (χ1v) is 12.2. The number of benzene rings is 1. The molecule has 0 radical (unpaired) electrons. The van der Waals surface area contributed by atoms with Crippen molar-refractivity contribution >= 4 is 40.9 Å². The summed E-state index contributed by atoms with van der Waals surface area (Å²) in [5.74, 6) is 0.609. The van der Waals surface area contributed by atoms with E-state index < -0.39 is 5.60 Å². The standard InChI is InChI=1S/C25H30Cl2N4O3/c1-25(2,3)34-24(33)31-14-18-12-30(13-19(18)15-31)20-9-17(10-28-11-20)23(32)29-7-6-16-4-5-21(26)22(27)8-16/h4-5,8-11,18-19H,6-7,12-15H2,1-3H3,(H,29,32). The molecule has 2 aromatic rings. The topological polar surface area (TPSA) is 74.8 Å². The average Bonchev–Trinajstić information content (AvgIpc) is 3.35. The molecule has 1 N–H and O–H groups in total. The number of fused-ring (bicyclic) bond motifs is 1. The van der Waals surface area contributed by atoms with Crippen LogP contribution in [-0.4, -0.2) is 60.2 Å². The monoisotopic (exact) mass is 504 g/mol. The van der Waals surface area contributed by atoms with Gasteiger partial charge >= 0.3 is 6.09 Å². The Bertz CT molecular complexity index is 1060. The highest BCUT2D eigenvalue weighted by atomic mass is 35.5. The minimum Gasteiger partial charge on any atom is -0.444 e. The van der Waals surface area contributed by atoms with Gasteiger partial charge in [0.25, 0.3) is 5.91 Å². The molecule has 1 aromatic heterocycles. The summed E-state index contributed by atoms with van der Waals surface area (Å²) >= 11 is 12.0. The number of anilines is 1. The lowest BCUT2D eigenvalue weighted by Crippen LogP contribution is -2.37. The normalized spacial score (nSPS) is 19.8. The van der Waals surface area contributed by atoms with E-state index in [2.05, 4.69) is 15.2 Å². The van der Waals surface area contributed by atoms with Crippen LogP contribution in [0.4, 0.5) is 10.5 Å². The van der Waals surface area contributed by atoms with E-state index in [0.29, 0.717) is 53.5 Å². The quantitative estimate of drug-likeness (QED) is 0.640. The van der Waals surface area contributed by atoms with Gasteiger partial charge in [-0.1, -0.05) is 29.3 Å². The van der Waals surface area contributed by atoms with Gasteiger partial charge in [-0.05, 0) is 51.0 Å². The summed E-state index contributed by atoms with van der Waals surface area (Å²) in [5, 5.41) is 3.97. The van der Waals surface area contributed by atoms with Gasteiger partial charge in [0.15, 0.2) is 0 Å². The van der Waals surface area contributed by atoms with E-state index in [1.807, 2.05) is 43.9 Å². The molecule has 2 aliphatic rings. The third kappa shape index (κ3) is 5.94. The number of halogens is 2. The summed E-state index contributed by atoms with van der Waals surface area (Å²) < 4.78 is 5.52. The second-order valence-corrected chi connectivity index (χ2v) is 10.8. The number of aromatic nitrogens is 1. The molecule has 182 valence electrons. The zero-order valence-corrected chi connectivity index (χ0v) is 21.2. The van der Waals surface area contributed by atoms with E-state index in [0.717, 1.165) is 24.3 Å². The summed E-state index contributed by atoms with van der Waals surface area (Å²) in [5.41, 5.74) is 1.97. The molecule has 0 bridgehead atoms. The third-order valence-corrected chi connectivity index (χ3v) is 6.91. The van der Waals surface area contributed by atoms with Crippen molar-refractivity contribution < 1.29 is 14.3 Å². The predicted molar refractivity (Wildman–Crippen MR) is 134 cm³/mol. The second kappa shape index (κ2) is 10.0. The van der Waals surface area contributed by atoms with Crippen LogP contribution in [0.3, 0.4) is 0 Å². The van der Waals surface area contributed by atoms with Gasteiger partial charge in [0.2, 0.25) is 0 Å². The summed E-state index contributed by atoms with van der Waals surface area (Å²) in [6, 6.07) is 7.35. The van der Waals surface area contributed by atoms with Crippen LogP contribution in [0.1, 0.15) is 36.7 Å². The Balaban J connectivity index is 1.30. The number of nitrogens with one attached hydrogen (secondary N) is 1. The SMILES string of the molecule is CC(C)(C)OC(=O)N1CC2CN(c3cncc(C(=O)NCCc4ccc(Cl)c(Cl)c4)c3)CC2C1. The minimum absolute atomic E-state index is 0.162. The zero-order chi connectivity index (χ0) is 24.5. The fourth-order valence-electron chi connectivity index (χ4n) is 4.52. The van der Waals surface area contributed by atoms with Gasteiger partial charge in [-0.2, -0.15) is 0 Å². The van der Waals surface area contributed by atoms with Crippen LogP contribution in [0.25, 0.3) is 0 Å². The number of pyridine rings is 1. The van der Waals surface area contributed by atoms with Crippen LogP contribution >= 0.6 is 23.2 Å². The van der Waals surface area contributed by atoms with Gasteiger partial charge < -0.3 is 19.9 Å². The van der Waals surface area contributed by atoms with E-state index in [1.54, 1.807) is 18.5 Å². The molecule has 0 spiro atoms. The largest absolute Gasteiger partial charge is 0.444 e. The zero-order valence-electron chi connectivity index (χ0n) is 19.7. The Morgan fingerprint density at radius 1 is 1.06 bits per heavy atom. The molecular formula is C25H30Cl2N4O3. The number of hydrogen-bond acceptors (Lipinski definition) is 5. The van der Waals surface area contributed by atoms with Gasteiger partial charge in [0.1, 0.15) is 5.60 Å². The first-order valence-electron chi connectivity index (χ1n) is 11.5. The Labute approximate surface area is 210 Å². The van der Waals surface area contributed by atoms with E-state index in [4.69, 9.17) is 27.9 Å². The Kier molecular flexibility index (Phi) is 7.24. The number of carbonyl (C=O) groups excluding carboxylic acids is 2. The molecule has 2 atom stereocenters. The number of hydrogen-bond donors (Lipinski definition) is 1. The average molecular weight is 505 g/mol. The molecule has 1 aromatic carbocycles. The third-order valence-electron chi connectivity index (χ3n) is 6.17. The molecule has 2 aliphatic heterocycles. The van der Waals surface area contributed by atoms with Crippen LogP contribution in [-0.2, 0) is 11.2 Å². The molecular weight excluding hydrogens is 475 g/mol. The summed E-state index contributed by atoms with van der Waals surface area (Å²) in [7, 11) is 0. The van der Waals surface area contributed by atoms with Crippen LogP contribution < -0.4 is 10.2 Å². The molecule has 7 nitrogen and oxygen atoms in total. The van der Waals surface area contributed by atoms with E-state index in [1.165, 1.54) is 0 Å². The lowest BCUT2D eigenvalue weighted by Gasteiger charge is -2.26. The lowest BCUT2D eigenvalue weighted by molar-refractivity contribution is 0.0282. The van der Waals surface area contributed by atoms with Gasteiger partial charge in [-0.15, -0.1) is 0 Å². The van der Waals surface area contributed by atoms with Crippen LogP contribution in [0.5, 0.6) is 0 Å². The molecule has 34 heavy (non-hydrogen) atoms. The maximum Gasteiger partial charge on any atom is 0.410 e. The molecule has 2 unspecified atom stereocenters. The first kappa shape index (κ1) is 24.6. The number of ether oxygens (including phenoxy) is 1. The van der Waals surface area contributed by atoms with Crippen LogP contribution in [0.15, 0.2) is 36.7 Å². The highest BCUT2D eigenvalue weighted by Gasteiger charge is 2.42. The number of rotatable bonds is 5. The lowest BCUT2D eigenvalue weighted by atomic mass is 10.0. The van der Waals surface area contributed by atoms with Gasteiger partial charge in [-0.3, -0.25) is 9.78 Å². The molecule has 2 fully saturated rings. The van der Waals surface area contributed by atoms with Crippen molar-refractivity contribution in [2.75, 3.05) is 37.6 Å². The van der Waals surface area contributed by atoms with Gasteiger partial charge in [0.05, 0.1) is 27.5 Å². The van der Waals surface area contributed by atoms with Crippen molar-refractivity contribution in [3.8, 4) is 0 Å². The van der Waals surface area contributed by atoms with Crippen molar-refractivity contribution in [1.29, 1.82) is 0 Å². The summed E-state index contributed by atoms with van der Waals surface area (Å²) in [4.78, 5) is 33.4. The van der Waals surface area contributed by atoms with Crippen molar-refractivity contribution in [3.05, 3.63) is 57.8 Å². The molecule has 2 saturated heterocycles. The number of amides is 2. The molecule has 0 saturated carbocycles. The van der Waals surface area contributed by atoms with E-state index in [9.17, 15) is 9.59 Å². The van der Waals surface area contributed by atoms with Gasteiger partial charge in [-0.25, -0.2) is 4.79 Å². The molecule has 3 heterocycles. The van der Waals surface area contributed by atoms with Crippen molar-refractivity contribution in [2.45, 2.75) is 32.8 Å². The minimum atomic E-state index is -0.491. The molecule has 0 aliphatic carbocycles. The fourth-order valence-corrected chi connectivity index (χ4v) is 4.84. The number of nitrogens with zero attached hydrogens (tertiary/aromatic N) is 3. The van der Waals surface area contributed by atoms with E-state index in [-0.39, 0.29) is 12.0 Å². The van der Waals surface area contributed by atoms with Crippen LogP contribution in [0, 0.1) is 11.8 Å². The maximum absolute atomic E-state index is 12.7. The molecule has 4 rings (SSSR count). The van der Waals surface area contributed by atoms with Crippen molar-refractivity contribution in [3.63, 3.8) is 0 Å². The van der Waals surface area contributed by atoms with Gasteiger partial charge in [0, 0.05) is 50.8 Å². The molecule has 9 heteroatoms. The number of likely N-dealkylation sites (tertiary alicyclic amines) is 1. The second-order valence-electron chi connectivity index (χ2n) is 10.00. The number of carbonyl (C=O) groups is 2. The van der Waals surface area contributed by atoms with Crippen LogP contribution in [0.2, 0.25) is 10.0 Å². The van der Waals surface area contributed by atoms with Crippen molar-refractivity contribution in [2.24, 2.45) is 11.8 Å². The van der Waals surface area contributed by atoms with Crippen molar-refractivity contribution in [1.82, 2.24) is 15.2 Å². The molecule has 2 amide bonds. The maximum atomic E-state index is 12.7. The Hall–Kier alpha value is -2.51. The predicted octanol–water partition coefficient (Wildman–Crippen LogP) is 4.66. The first-order chi connectivity index (χ1) is 16.1. The summed E-state index contributed by atoms with van der Waals surface area (Å²) in [6.45, 7) is 9.17. The summed E-state index contributed by atoms with van der Waals surface area (Å²) in [6.07, 6.45) is 3.78. The fraction of sp³-hybridized carbons (Fsp3) is 0.480. The highest BCUT2D eigenvalue weighted by Crippen LogP contribution is 2.34. The Morgan fingerprint density at radius 2 is 1.76 bits per heavy atom. The smallest absolute Gasteiger partial charge is 0.410 e. The highest BCUT2D eigenvalue weighted by molar-refractivity contribution is 6.42. The Morgan fingerprint density at radius 3 is 2.41 bits per heavy atom.